The lowest BCUT2D eigenvalue weighted by Gasteiger charge is -2.52. The first-order valence-electron chi connectivity index (χ1n) is 11.4. The lowest BCUT2D eigenvalue weighted by Crippen LogP contribution is -2.61. The molecule has 2 bridgehead atoms. The normalized spacial score (nSPS) is 31.4. The van der Waals surface area contributed by atoms with Gasteiger partial charge in [-0.05, 0) is 59.8 Å². The van der Waals surface area contributed by atoms with Crippen molar-refractivity contribution < 1.29 is 9.59 Å². The van der Waals surface area contributed by atoms with E-state index in [2.05, 4.69) is 25.3 Å². The van der Waals surface area contributed by atoms with Gasteiger partial charge in [-0.15, -0.1) is 5.10 Å². The van der Waals surface area contributed by atoms with Crippen molar-refractivity contribution >= 4 is 11.8 Å². The molecular formula is C21H32N6O2. The van der Waals surface area contributed by atoms with E-state index in [0.29, 0.717) is 42.5 Å². The van der Waals surface area contributed by atoms with E-state index in [4.69, 9.17) is 0 Å². The molecular weight excluding hydrogens is 368 g/mol. The van der Waals surface area contributed by atoms with Crippen molar-refractivity contribution in [3.63, 3.8) is 0 Å². The number of rotatable bonds is 4. The first-order chi connectivity index (χ1) is 14.1. The Labute approximate surface area is 172 Å². The summed E-state index contributed by atoms with van der Waals surface area (Å²) in [6.07, 6.45) is 12.0. The fraction of sp³-hybridized carbons (Fsp3) is 0.857. The van der Waals surface area contributed by atoms with Gasteiger partial charge >= 0.3 is 0 Å². The highest BCUT2D eigenvalue weighted by Crippen LogP contribution is 2.43. The van der Waals surface area contributed by atoms with Crippen molar-refractivity contribution in [2.75, 3.05) is 19.6 Å². The van der Waals surface area contributed by atoms with Crippen molar-refractivity contribution in [2.45, 2.75) is 76.8 Å². The van der Waals surface area contributed by atoms with E-state index in [0.717, 1.165) is 51.9 Å². The van der Waals surface area contributed by atoms with Crippen LogP contribution in [0.1, 0.15) is 64.2 Å². The Morgan fingerprint density at radius 2 is 2.00 bits per heavy atom. The maximum absolute atomic E-state index is 13.4. The van der Waals surface area contributed by atoms with Crippen LogP contribution in [0.5, 0.6) is 0 Å². The molecule has 4 fully saturated rings. The third-order valence-corrected chi connectivity index (χ3v) is 7.86. The van der Waals surface area contributed by atoms with Crippen molar-refractivity contribution in [3.05, 3.63) is 6.33 Å². The molecule has 1 aliphatic carbocycles. The van der Waals surface area contributed by atoms with E-state index in [1.165, 1.54) is 25.7 Å². The van der Waals surface area contributed by atoms with Gasteiger partial charge in [0.05, 0.1) is 6.54 Å². The Kier molecular flexibility index (Phi) is 5.04. The van der Waals surface area contributed by atoms with E-state index >= 15 is 0 Å². The second kappa shape index (κ2) is 7.69. The minimum atomic E-state index is -0.0237. The van der Waals surface area contributed by atoms with Gasteiger partial charge in [-0.25, -0.2) is 4.68 Å². The summed E-state index contributed by atoms with van der Waals surface area (Å²) in [7, 11) is 0. The fourth-order valence-electron chi connectivity index (χ4n) is 6.54. The molecule has 4 heterocycles. The van der Waals surface area contributed by atoms with Crippen molar-refractivity contribution in [1.29, 1.82) is 0 Å². The number of carbonyl (C=O) groups excluding carboxylic acids is 2. The number of likely N-dealkylation sites (tertiary alicyclic amines) is 1. The molecule has 8 heteroatoms. The molecule has 0 N–H and O–H groups in total. The molecule has 3 atom stereocenters. The van der Waals surface area contributed by atoms with E-state index in [-0.39, 0.29) is 5.41 Å². The Bertz CT molecular complexity index is 744. The topological polar surface area (TPSA) is 84.2 Å². The van der Waals surface area contributed by atoms with E-state index in [1.807, 2.05) is 0 Å². The minimum absolute atomic E-state index is 0.0237. The lowest BCUT2D eigenvalue weighted by molar-refractivity contribution is -0.149. The zero-order valence-corrected chi connectivity index (χ0v) is 17.2. The summed E-state index contributed by atoms with van der Waals surface area (Å²) in [5.74, 6) is 1.53. The first-order valence-corrected chi connectivity index (χ1v) is 11.4. The van der Waals surface area contributed by atoms with Crippen LogP contribution in [0.2, 0.25) is 0 Å². The molecule has 158 valence electrons. The summed E-state index contributed by atoms with van der Waals surface area (Å²) in [5.41, 5.74) is -0.0237. The monoisotopic (exact) mass is 400 g/mol. The highest BCUT2D eigenvalue weighted by molar-refractivity contribution is 5.78. The molecule has 4 aliphatic rings. The third-order valence-electron chi connectivity index (χ3n) is 7.86. The number of aromatic nitrogens is 4. The Hall–Kier alpha value is -1.99. The van der Waals surface area contributed by atoms with Gasteiger partial charge in [0.25, 0.3) is 0 Å². The first kappa shape index (κ1) is 19.0. The van der Waals surface area contributed by atoms with Gasteiger partial charge in [0.2, 0.25) is 11.8 Å². The van der Waals surface area contributed by atoms with Crippen molar-refractivity contribution in [2.24, 2.45) is 17.3 Å². The standard InChI is InChI=1S/C21H32N6O2/c28-19-6-4-5-18-17-9-16(12-27(18)19)11-25(13-17)20(29)10-21(7-2-1-3-8-21)14-26-15-22-23-24-26/h15-18H,1-14H2/t16-,17+,18?/m1/s1. The number of fused-ring (bicyclic) bond motifs is 4. The molecule has 8 nitrogen and oxygen atoms in total. The van der Waals surface area contributed by atoms with Gasteiger partial charge in [0.15, 0.2) is 0 Å². The number of tetrazole rings is 1. The summed E-state index contributed by atoms with van der Waals surface area (Å²) in [6, 6.07) is 0.355. The van der Waals surface area contributed by atoms with Gasteiger partial charge in [0.1, 0.15) is 6.33 Å². The smallest absolute Gasteiger partial charge is 0.223 e. The van der Waals surface area contributed by atoms with Crippen LogP contribution in [0.4, 0.5) is 0 Å². The molecule has 0 radical (unpaired) electrons. The Morgan fingerprint density at radius 1 is 1.14 bits per heavy atom. The van der Waals surface area contributed by atoms with Gasteiger partial charge in [-0.2, -0.15) is 0 Å². The molecule has 0 spiro atoms. The van der Waals surface area contributed by atoms with Crippen LogP contribution >= 0.6 is 0 Å². The Balaban J connectivity index is 1.28. The van der Waals surface area contributed by atoms with Crippen molar-refractivity contribution in [3.8, 4) is 0 Å². The van der Waals surface area contributed by atoms with Crippen LogP contribution in [0.15, 0.2) is 6.33 Å². The zero-order valence-electron chi connectivity index (χ0n) is 17.2. The van der Waals surface area contributed by atoms with Gasteiger partial charge < -0.3 is 9.80 Å². The molecule has 5 rings (SSSR count). The van der Waals surface area contributed by atoms with E-state index in [9.17, 15) is 9.59 Å². The molecule has 1 saturated carbocycles. The summed E-state index contributed by atoms with van der Waals surface area (Å²) in [6.45, 7) is 3.22. The van der Waals surface area contributed by atoms with E-state index in [1.54, 1.807) is 11.0 Å². The maximum Gasteiger partial charge on any atom is 0.223 e. The SMILES string of the molecule is O=C(CC1(Cn2cnnn2)CCCCC1)N1C[C@H]2C[C@@H](C1)C1CCCC(=O)N1C2. The highest BCUT2D eigenvalue weighted by Gasteiger charge is 2.45. The molecule has 1 unspecified atom stereocenters. The second-order valence-electron chi connectivity index (χ2n) is 9.91. The average Bonchev–Trinajstić information content (AvgIpc) is 3.22. The summed E-state index contributed by atoms with van der Waals surface area (Å²) in [4.78, 5) is 30.1. The number of hydrogen-bond acceptors (Lipinski definition) is 5. The summed E-state index contributed by atoms with van der Waals surface area (Å²) in [5, 5.41) is 11.6. The molecule has 3 aliphatic heterocycles. The van der Waals surface area contributed by atoms with Crippen LogP contribution in [0, 0.1) is 17.3 Å². The second-order valence-corrected chi connectivity index (χ2v) is 9.91. The molecule has 29 heavy (non-hydrogen) atoms. The predicted molar refractivity (Wildman–Crippen MR) is 105 cm³/mol. The third kappa shape index (κ3) is 3.78. The molecule has 2 amide bonds. The molecule has 0 aromatic carbocycles. The highest BCUT2D eigenvalue weighted by atomic mass is 16.2. The van der Waals surface area contributed by atoms with Crippen LogP contribution in [-0.2, 0) is 16.1 Å². The average molecular weight is 401 g/mol. The number of amides is 2. The van der Waals surface area contributed by atoms with Crippen LogP contribution in [-0.4, -0.2) is 67.5 Å². The van der Waals surface area contributed by atoms with Crippen molar-refractivity contribution in [1.82, 2.24) is 30.0 Å². The summed E-state index contributed by atoms with van der Waals surface area (Å²) >= 11 is 0. The predicted octanol–water partition coefficient (Wildman–Crippen LogP) is 1.87. The molecule has 3 saturated heterocycles. The number of hydrogen-bond donors (Lipinski definition) is 0. The van der Waals surface area contributed by atoms with Crippen LogP contribution < -0.4 is 0 Å². The minimum Gasteiger partial charge on any atom is -0.342 e. The molecule has 1 aromatic rings. The van der Waals surface area contributed by atoms with Crippen LogP contribution in [0.25, 0.3) is 0 Å². The Morgan fingerprint density at radius 3 is 2.79 bits per heavy atom. The van der Waals surface area contributed by atoms with Gasteiger partial charge in [-0.1, -0.05) is 19.3 Å². The number of piperidine rings is 3. The molecule has 1 aromatic heterocycles. The number of nitrogens with zero attached hydrogens (tertiary/aromatic N) is 6. The van der Waals surface area contributed by atoms with Crippen LogP contribution in [0.3, 0.4) is 0 Å². The maximum atomic E-state index is 13.4. The largest absolute Gasteiger partial charge is 0.342 e. The number of carbonyl (C=O) groups is 2. The van der Waals surface area contributed by atoms with Gasteiger partial charge in [0, 0.05) is 38.5 Å². The lowest BCUT2D eigenvalue weighted by atomic mass is 9.71. The summed E-state index contributed by atoms with van der Waals surface area (Å²) < 4.78 is 1.80. The zero-order chi connectivity index (χ0) is 19.8. The van der Waals surface area contributed by atoms with Gasteiger partial charge in [-0.3, -0.25) is 9.59 Å². The quantitative estimate of drug-likeness (QED) is 0.770. The van der Waals surface area contributed by atoms with E-state index < -0.39 is 0 Å². The fourth-order valence-corrected chi connectivity index (χ4v) is 6.54.